The van der Waals surface area contributed by atoms with Crippen molar-refractivity contribution in [1.82, 2.24) is 0 Å². The third-order valence-electron chi connectivity index (χ3n) is 3.18. The first kappa shape index (κ1) is 15.5. The second kappa shape index (κ2) is 6.24. The van der Waals surface area contributed by atoms with Crippen molar-refractivity contribution in [2.75, 3.05) is 0 Å². The average molecular weight is 495 g/mol. The van der Waals surface area contributed by atoms with E-state index in [0.717, 1.165) is 14.5 Å². The lowest BCUT2D eigenvalue weighted by Gasteiger charge is -2.18. The van der Waals surface area contributed by atoms with Gasteiger partial charge in [-0.3, -0.25) is 0 Å². The van der Waals surface area contributed by atoms with E-state index in [-0.39, 0.29) is 6.04 Å². The first-order chi connectivity index (χ1) is 8.90. The van der Waals surface area contributed by atoms with Crippen molar-refractivity contribution in [3.05, 3.63) is 65.1 Å². The van der Waals surface area contributed by atoms with Crippen LogP contribution in [0, 0.1) is 17.4 Å². The van der Waals surface area contributed by atoms with Crippen LogP contribution in [0.15, 0.2) is 39.3 Å². The molecule has 0 heterocycles. The summed E-state index contributed by atoms with van der Waals surface area (Å²) in [6.07, 6.45) is 0. The molecule has 1 unspecified atom stereocenters. The van der Waals surface area contributed by atoms with Crippen molar-refractivity contribution in [3.8, 4) is 0 Å². The van der Waals surface area contributed by atoms with Gasteiger partial charge in [-0.1, -0.05) is 37.9 Å². The Bertz CT molecular complexity index is 626. The summed E-state index contributed by atoms with van der Waals surface area (Å²) < 4.78 is 3.38. The van der Waals surface area contributed by atoms with Gasteiger partial charge in [-0.15, -0.1) is 0 Å². The highest BCUT2D eigenvalue weighted by molar-refractivity contribution is 14.1. The zero-order chi connectivity index (χ0) is 14.2. The summed E-state index contributed by atoms with van der Waals surface area (Å²) in [4.78, 5) is 0. The third-order valence-corrected chi connectivity index (χ3v) is 5.42. The molecule has 0 saturated heterocycles. The molecule has 0 aliphatic heterocycles. The minimum absolute atomic E-state index is 0.115. The molecule has 1 nitrogen and oxygen atoms in total. The number of nitrogens with two attached hydrogens (primary N) is 1. The Morgan fingerprint density at radius 1 is 0.947 bits per heavy atom. The van der Waals surface area contributed by atoms with E-state index >= 15 is 0 Å². The standard InChI is InChI=1S/C15H14Br2IN/c1-8-6-14(17)9(2)5-11(8)15(19)12-7-10(18)3-4-13(12)16/h3-7,15H,19H2,1-2H3. The predicted octanol–water partition coefficient (Wildman–Crippen LogP) is 5.48. The van der Waals surface area contributed by atoms with Gasteiger partial charge in [0.25, 0.3) is 0 Å². The van der Waals surface area contributed by atoms with Crippen molar-refractivity contribution < 1.29 is 0 Å². The fraction of sp³-hybridized carbons (Fsp3) is 0.200. The Morgan fingerprint density at radius 2 is 1.63 bits per heavy atom. The van der Waals surface area contributed by atoms with Crippen molar-refractivity contribution in [3.63, 3.8) is 0 Å². The molecule has 2 aromatic carbocycles. The molecule has 0 radical (unpaired) electrons. The lowest BCUT2D eigenvalue weighted by molar-refractivity contribution is 0.853. The average Bonchev–Trinajstić information content (AvgIpc) is 2.36. The van der Waals surface area contributed by atoms with E-state index in [0.29, 0.717) is 0 Å². The van der Waals surface area contributed by atoms with E-state index in [9.17, 15) is 0 Å². The molecule has 0 fully saturated rings. The highest BCUT2D eigenvalue weighted by Gasteiger charge is 2.16. The maximum Gasteiger partial charge on any atom is 0.0565 e. The zero-order valence-corrected chi connectivity index (χ0v) is 16.0. The van der Waals surface area contributed by atoms with Crippen LogP contribution < -0.4 is 5.73 Å². The van der Waals surface area contributed by atoms with Crippen LogP contribution in [0.3, 0.4) is 0 Å². The molecule has 0 aliphatic rings. The van der Waals surface area contributed by atoms with Crippen LogP contribution in [-0.4, -0.2) is 0 Å². The van der Waals surface area contributed by atoms with Gasteiger partial charge in [-0.05, 0) is 83.0 Å². The van der Waals surface area contributed by atoms with Gasteiger partial charge in [-0.2, -0.15) is 0 Å². The van der Waals surface area contributed by atoms with E-state index < -0.39 is 0 Å². The SMILES string of the molecule is Cc1cc(C(N)c2cc(I)ccc2Br)c(C)cc1Br. The molecule has 2 rings (SSSR count). The second-order valence-corrected chi connectivity index (χ2v) is 7.56. The molecule has 0 amide bonds. The number of aryl methyl sites for hydroxylation is 2. The van der Waals surface area contributed by atoms with Crippen LogP contribution in [0.4, 0.5) is 0 Å². The number of rotatable bonds is 2. The van der Waals surface area contributed by atoms with Gasteiger partial charge < -0.3 is 5.73 Å². The lowest BCUT2D eigenvalue weighted by Crippen LogP contribution is -2.14. The molecule has 0 aliphatic carbocycles. The van der Waals surface area contributed by atoms with E-state index in [4.69, 9.17) is 5.73 Å². The van der Waals surface area contributed by atoms with Gasteiger partial charge in [0.2, 0.25) is 0 Å². The molecule has 2 aromatic rings. The number of benzene rings is 2. The molecule has 100 valence electrons. The minimum Gasteiger partial charge on any atom is -0.320 e. The van der Waals surface area contributed by atoms with Crippen LogP contribution in [0.2, 0.25) is 0 Å². The summed E-state index contributed by atoms with van der Waals surface area (Å²) in [7, 11) is 0. The number of hydrogen-bond acceptors (Lipinski definition) is 1. The molecule has 19 heavy (non-hydrogen) atoms. The Kier molecular flexibility index (Phi) is 5.09. The topological polar surface area (TPSA) is 26.0 Å². The minimum atomic E-state index is -0.115. The maximum absolute atomic E-state index is 6.46. The Hall–Kier alpha value is 0.0900. The normalized spacial score (nSPS) is 12.5. The van der Waals surface area contributed by atoms with E-state index in [1.165, 1.54) is 20.3 Å². The summed E-state index contributed by atoms with van der Waals surface area (Å²) in [5.74, 6) is 0. The van der Waals surface area contributed by atoms with Gasteiger partial charge in [-0.25, -0.2) is 0 Å². The molecular weight excluding hydrogens is 481 g/mol. The van der Waals surface area contributed by atoms with E-state index in [2.05, 4.69) is 98.6 Å². The molecule has 0 aromatic heterocycles. The Balaban J connectivity index is 2.52. The van der Waals surface area contributed by atoms with Crippen molar-refractivity contribution in [1.29, 1.82) is 0 Å². The van der Waals surface area contributed by atoms with E-state index in [1.54, 1.807) is 0 Å². The molecule has 0 saturated carbocycles. The second-order valence-electron chi connectivity index (χ2n) is 4.60. The maximum atomic E-state index is 6.46. The molecule has 1 atom stereocenters. The van der Waals surface area contributed by atoms with Crippen LogP contribution in [-0.2, 0) is 0 Å². The van der Waals surface area contributed by atoms with Gasteiger partial charge >= 0.3 is 0 Å². The molecule has 2 N–H and O–H groups in total. The fourth-order valence-corrected chi connectivity index (χ4v) is 3.53. The van der Waals surface area contributed by atoms with Crippen molar-refractivity contribution in [2.45, 2.75) is 19.9 Å². The summed E-state index contributed by atoms with van der Waals surface area (Å²) in [6, 6.07) is 10.4. The highest BCUT2D eigenvalue weighted by Crippen LogP contribution is 2.32. The van der Waals surface area contributed by atoms with Gasteiger partial charge in [0, 0.05) is 12.5 Å². The Labute approximate surface area is 144 Å². The van der Waals surface area contributed by atoms with Crippen LogP contribution in [0.1, 0.15) is 28.3 Å². The van der Waals surface area contributed by atoms with Gasteiger partial charge in [0.05, 0.1) is 6.04 Å². The summed E-state index contributed by atoms with van der Waals surface area (Å²) in [6.45, 7) is 4.19. The Morgan fingerprint density at radius 3 is 2.32 bits per heavy atom. The first-order valence-corrected chi connectivity index (χ1v) is 8.54. The van der Waals surface area contributed by atoms with Gasteiger partial charge in [0.1, 0.15) is 0 Å². The van der Waals surface area contributed by atoms with Crippen LogP contribution >= 0.6 is 54.5 Å². The molecular formula is C15H14Br2IN. The van der Waals surface area contributed by atoms with E-state index in [1.807, 2.05) is 0 Å². The molecule has 0 spiro atoms. The van der Waals surface area contributed by atoms with Crippen LogP contribution in [0.5, 0.6) is 0 Å². The molecule has 0 bridgehead atoms. The van der Waals surface area contributed by atoms with Crippen molar-refractivity contribution in [2.24, 2.45) is 5.73 Å². The molecule has 4 heteroatoms. The summed E-state index contributed by atoms with van der Waals surface area (Å²) >= 11 is 9.47. The van der Waals surface area contributed by atoms with Gasteiger partial charge in [0.15, 0.2) is 0 Å². The smallest absolute Gasteiger partial charge is 0.0565 e. The predicted molar refractivity (Wildman–Crippen MR) is 96.5 cm³/mol. The van der Waals surface area contributed by atoms with Crippen LogP contribution in [0.25, 0.3) is 0 Å². The lowest BCUT2D eigenvalue weighted by atomic mass is 9.94. The zero-order valence-electron chi connectivity index (χ0n) is 10.7. The summed E-state index contributed by atoms with van der Waals surface area (Å²) in [5.41, 5.74) is 11.2. The number of hydrogen-bond donors (Lipinski definition) is 1. The fourth-order valence-electron chi connectivity index (χ4n) is 2.06. The highest BCUT2D eigenvalue weighted by atomic mass is 127. The number of halogens is 3. The summed E-state index contributed by atoms with van der Waals surface area (Å²) in [5, 5.41) is 0. The first-order valence-electron chi connectivity index (χ1n) is 5.87. The quantitative estimate of drug-likeness (QED) is 0.550. The van der Waals surface area contributed by atoms with Crippen molar-refractivity contribution >= 4 is 54.5 Å². The third kappa shape index (κ3) is 3.40. The largest absolute Gasteiger partial charge is 0.320 e. The monoisotopic (exact) mass is 493 g/mol.